The van der Waals surface area contributed by atoms with E-state index in [9.17, 15) is 24.3 Å². The maximum absolute atomic E-state index is 12.5. The molecule has 0 spiro atoms. The lowest BCUT2D eigenvalue weighted by Gasteiger charge is -2.30. The summed E-state index contributed by atoms with van der Waals surface area (Å²) in [5.74, 6) is -3.71. The molecule has 10 nitrogen and oxygen atoms in total. The Hall–Kier alpha value is -2.98. The second-order valence-electron chi connectivity index (χ2n) is 5.94. The van der Waals surface area contributed by atoms with Crippen LogP contribution in [0.1, 0.15) is 24.4 Å². The number of hydroxylamine groups is 2. The molecule has 0 aromatic heterocycles. The minimum absolute atomic E-state index is 0.157. The number of aliphatic carboxylic acids is 1. The first-order valence-corrected chi connectivity index (χ1v) is 7.88. The van der Waals surface area contributed by atoms with Crippen LogP contribution in [-0.2, 0) is 28.8 Å². The van der Waals surface area contributed by atoms with E-state index in [-0.39, 0.29) is 19.4 Å². The van der Waals surface area contributed by atoms with Crippen molar-refractivity contribution in [3.63, 3.8) is 0 Å². The predicted molar refractivity (Wildman–Crippen MR) is 83.8 cm³/mol. The molecule has 1 aromatic rings. The number of carbonyl (C=O) groups is 4. The van der Waals surface area contributed by atoms with Gasteiger partial charge in [-0.25, -0.2) is 4.79 Å². The van der Waals surface area contributed by atoms with Crippen molar-refractivity contribution >= 4 is 23.8 Å². The molecule has 1 aromatic carbocycles. The average molecular weight is 363 g/mol. The third-order valence-corrected chi connectivity index (χ3v) is 4.24. The van der Waals surface area contributed by atoms with E-state index in [0.717, 1.165) is 0 Å². The molecule has 3 rings (SSSR count). The maximum atomic E-state index is 12.5. The highest BCUT2D eigenvalue weighted by Gasteiger charge is 2.59. The molecule has 1 unspecified atom stereocenters. The summed E-state index contributed by atoms with van der Waals surface area (Å²) in [5, 5.41) is 12.4. The van der Waals surface area contributed by atoms with Gasteiger partial charge in [0.15, 0.2) is 0 Å². The number of amides is 2. The fourth-order valence-electron chi connectivity index (χ4n) is 2.83. The summed E-state index contributed by atoms with van der Waals surface area (Å²) in [4.78, 5) is 52.8. The highest BCUT2D eigenvalue weighted by atomic mass is 16.7. The van der Waals surface area contributed by atoms with E-state index >= 15 is 0 Å². The third kappa shape index (κ3) is 3.00. The van der Waals surface area contributed by atoms with Gasteiger partial charge in [-0.1, -0.05) is 30.3 Å². The van der Waals surface area contributed by atoms with E-state index in [1.807, 2.05) is 0 Å². The SMILES string of the molecule is N[C@@H](C(=O)N[C@H]1CON(C2(C(=O)O)CCC(=O)O2)C1=O)c1ccccc1. The highest BCUT2D eigenvalue weighted by molar-refractivity contribution is 5.95. The van der Waals surface area contributed by atoms with Gasteiger partial charge in [0.25, 0.3) is 5.91 Å². The zero-order valence-corrected chi connectivity index (χ0v) is 13.6. The fourth-order valence-corrected chi connectivity index (χ4v) is 2.83. The first-order chi connectivity index (χ1) is 12.3. The first kappa shape index (κ1) is 17.8. The Morgan fingerprint density at radius 2 is 2.00 bits per heavy atom. The van der Waals surface area contributed by atoms with Crippen molar-refractivity contribution in [2.24, 2.45) is 5.73 Å². The smallest absolute Gasteiger partial charge is 0.372 e. The Bertz CT molecular complexity index is 753. The zero-order chi connectivity index (χ0) is 18.9. The largest absolute Gasteiger partial charge is 0.477 e. The highest BCUT2D eigenvalue weighted by Crippen LogP contribution is 2.34. The quantitative estimate of drug-likeness (QED) is 0.568. The number of nitrogens with one attached hydrogen (secondary N) is 1. The van der Waals surface area contributed by atoms with Crippen LogP contribution in [0.15, 0.2) is 30.3 Å². The normalized spacial score (nSPS) is 26.5. The van der Waals surface area contributed by atoms with Gasteiger partial charge in [-0.3, -0.25) is 19.2 Å². The van der Waals surface area contributed by atoms with Gasteiger partial charge in [-0.05, 0) is 5.56 Å². The summed E-state index contributed by atoms with van der Waals surface area (Å²) in [7, 11) is 0. The van der Waals surface area contributed by atoms with Crippen LogP contribution in [0.4, 0.5) is 0 Å². The molecule has 0 saturated carbocycles. The summed E-state index contributed by atoms with van der Waals surface area (Å²) >= 11 is 0. The second kappa shape index (κ2) is 6.73. The Labute approximate surface area is 147 Å². The molecule has 0 radical (unpaired) electrons. The maximum Gasteiger partial charge on any atom is 0.372 e. The van der Waals surface area contributed by atoms with Gasteiger partial charge in [0.1, 0.15) is 18.7 Å². The Kier molecular flexibility index (Phi) is 4.62. The molecule has 2 fully saturated rings. The topological polar surface area (TPSA) is 148 Å². The number of carbonyl (C=O) groups excluding carboxylic acids is 3. The van der Waals surface area contributed by atoms with E-state index in [1.54, 1.807) is 30.3 Å². The lowest BCUT2D eigenvalue weighted by molar-refractivity contribution is -0.256. The van der Waals surface area contributed by atoms with Crippen LogP contribution in [-0.4, -0.2) is 52.3 Å². The summed E-state index contributed by atoms with van der Waals surface area (Å²) in [6, 6.07) is 6.41. The average Bonchev–Trinajstić information content (AvgIpc) is 3.19. The van der Waals surface area contributed by atoms with Crippen LogP contribution < -0.4 is 11.1 Å². The molecule has 2 saturated heterocycles. The molecule has 0 aliphatic carbocycles. The lowest BCUT2D eigenvalue weighted by atomic mass is 10.1. The molecule has 2 heterocycles. The third-order valence-electron chi connectivity index (χ3n) is 4.24. The van der Waals surface area contributed by atoms with Crippen molar-refractivity contribution < 1.29 is 33.9 Å². The fraction of sp³-hybridized carbons (Fsp3) is 0.375. The Balaban J connectivity index is 1.70. The van der Waals surface area contributed by atoms with Crippen molar-refractivity contribution in [2.75, 3.05) is 6.61 Å². The minimum Gasteiger partial charge on any atom is -0.477 e. The molecule has 3 atom stereocenters. The van der Waals surface area contributed by atoms with Gasteiger partial charge >= 0.3 is 17.7 Å². The monoisotopic (exact) mass is 363 g/mol. The molecule has 0 bridgehead atoms. The molecule has 26 heavy (non-hydrogen) atoms. The molecule has 2 aliphatic heterocycles. The van der Waals surface area contributed by atoms with Gasteiger partial charge in [-0.15, -0.1) is 0 Å². The number of esters is 1. The first-order valence-electron chi connectivity index (χ1n) is 7.88. The number of cyclic esters (lactones) is 1. The van der Waals surface area contributed by atoms with Crippen LogP contribution >= 0.6 is 0 Å². The van der Waals surface area contributed by atoms with Crippen LogP contribution in [0, 0.1) is 0 Å². The second-order valence-corrected chi connectivity index (χ2v) is 5.94. The number of nitrogens with zero attached hydrogens (tertiary/aromatic N) is 1. The van der Waals surface area contributed by atoms with Gasteiger partial charge in [-0.2, -0.15) is 5.06 Å². The summed E-state index contributed by atoms with van der Waals surface area (Å²) in [6.45, 7) is -0.293. The van der Waals surface area contributed by atoms with Gasteiger partial charge in [0.05, 0.1) is 6.42 Å². The number of rotatable bonds is 5. The van der Waals surface area contributed by atoms with Crippen LogP contribution in [0.2, 0.25) is 0 Å². The number of carboxylic acids is 1. The van der Waals surface area contributed by atoms with Crippen molar-refractivity contribution in [3.05, 3.63) is 35.9 Å². The van der Waals surface area contributed by atoms with Crippen molar-refractivity contribution in [3.8, 4) is 0 Å². The van der Waals surface area contributed by atoms with Crippen LogP contribution in [0.5, 0.6) is 0 Å². The van der Waals surface area contributed by atoms with Gasteiger partial charge in [0.2, 0.25) is 5.91 Å². The van der Waals surface area contributed by atoms with E-state index < -0.39 is 41.6 Å². The van der Waals surface area contributed by atoms with Crippen molar-refractivity contribution in [1.29, 1.82) is 0 Å². The minimum atomic E-state index is -2.21. The molecule has 2 amide bonds. The van der Waals surface area contributed by atoms with Crippen LogP contribution in [0.25, 0.3) is 0 Å². The molecule has 4 N–H and O–H groups in total. The molecular weight excluding hydrogens is 346 g/mol. The number of ether oxygens (including phenoxy) is 1. The lowest BCUT2D eigenvalue weighted by Crippen LogP contribution is -2.57. The van der Waals surface area contributed by atoms with Crippen molar-refractivity contribution in [1.82, 2.24) is 10.4 Å². The molecule has 138 valence electrons. The van der Waals surface area contributed by atoms with Gasteiger partial charge < -0.3 is 20.9 Å². The number of hydrogen-bond acceptors (Lipinski definition) is 7. The Morgan fingerprint density at radius 1 is 1.31 bits per heavy atom. The summed E-state index contributed by atoms with van der Waals surface area (Å²) in [5.41, 5.74) is 4.21. The number of hydrogen-bond donors (Lipinski definition) is 3. The zero-order valence-electron chi connectivity index (χ0n) is 13.6. The van der Waals surface area contributed by atoms with E-state index in [1.165, 1.54) is 0 Å². The Morgan fingerprint density at radius 3 is 2.58 bits per heavy atom. The predicted octanol–water partition coefficient (Wildman–Crippen LogP) is -0.937. The number of carboxylic acid groups (broad SMARTS) is 1. The molecule has 10 heteroatoms. The van der Waals surface area contributed by atoms with E-state index in [4.69, 9.17) is 15.3 Å². The summed E-state index contributed by atoms with van der Waals surface area (Å²) < 4.78 is 4.84. The molecule has 2 aliphatic rings. The van der Waals surface area contributed by atoms with Crippen molar-refractivity contribution in [2.45, 2.75) is 30.7 Å². The van der Waals surface area contributed by atoms with Gasteiger partial charge in [0, 0.05) is 6.42 Å². The molecular formula is C16H17N3O7. The number of benzene rings is 1. The summed E-state index contributed by atoms with van der Waals surface area (Å²) in [6.07, 6.45) is -0.396. The van der Waals surface area contributed by atoms with Crippen LogP contribution in [0.3, 0.4) is 0 Å². The standard InChI is InChI=1S/C16H17N3O7/c17-12(9-4-2-1-3-5-9)13(21)18-10-8-25-19(14(10)22)16(15(23)24)7-6-11(20)26-16/h1-5,10,12H,6-8,17H2,(H,18,21)(H,23,24)/t10-,12+,16?/m0/s1. The van der Waals surface area contributed by atoms with E-state index in [0.29, 0.717) is 10.6 Å². The number of nitrogens with two attached hydrogens (primary N) is 1. The van der Waals surface area contributed by atoms with E-state index in [2.05, 4.69) is 5.32 Å².